The summed E-state index contributed by atoms with van der Waals surface area (Å²) in [4.78, 5) is 5.42. The number of nitrogens with zero attached hydrogens (tertiary/aromatic N) is 3. The lowest BCUT2D eigenvalue weighted by molar-refractivity contribution is 0.848. The van der Waals surface area contributed by atoms with E-state index in [1.54, 1.807) is 11.3 Å². The maximum Gasteiger partial charge on any atom is 0.212 e. The van der Waals surface area contributed by atoms with Gasteiger partial charge in [-0.3, -0.25) is 0 Å². The number of fused-ring (bicyclic) bond motifs is 1. The predicted octanol–water partition coefficient (Wildman–Crippen LogP) is 2.58. The van der Waals surface area contributed by atoms with Crippen molar-refractivity contribution in [2.24, 2.45) is 5.73 Å². The molecule has 1 aromatic carbocycles. The van der Waals surface area contributed by atoms with Crippen LogP contribution in [0.4, 0.5) is 0 Å². The molecule has 0 aliphatic rings. The van der Waals surface area contributed by atoms with Crippen LogP contribution in [0.15, 0.2) is 23.6 Å². The van der Waals surface area contributed by atoms with Crippen LogP contribution >= 0.6 is 11.3 Å². The van der Waals surface area contributed by atoms with Crippen LogP contribution < -0.4 is 5.73 Å². The van der Waals surface area contributed by atoms with Gasteiger partial charge in [0.1, 0.15) is 0 Å². The molecular weight excluding hydrogens is 256 g/mol. The Hall–Kier alpha value is -1.72. The smallest absolute Gasteiger partial charge is 0.212 e. The third kappa shape index (κ3) is 2.15. The molecule has 4 nitrogen and oxygen atoms in total. The largest absolute Gasteiger partial charge is 0.330 e. The second kappa shape index (κ2) is 4.75. The Balaban J connectivity index is 2.13. The average Bonchev–Trinajstić information content (AvgIpc) is 2.90. The highest BCUT2D eigenvalue weighted by molar-refractivity contribution is 7.15. The molecular formula is C14H16N4S. The molecule has 2 aromatic heterocycles. The first kappa shape index (κ1) is 12.3. The number of aryl methyl sites for hydroxylation is 2. The Bertz CT molecular complexity index is 726. The van der Waals surface area contributed by atoms with E-state index in [4.69, 9.17) is 5.73 Å². The second-order valence-electron chi connectivity index (χ2n) is 4.70. The minimum Gasteiger partial charge on any atom is -0.330 e. The molecule has 3 aromatic rings. The third-order valence-corrected chi connectivity index (χ3v) is 3.97. The standard InChI is InChI=1S/C14H16N4S/c1-9-3-4-11(10(2)7-9)12-8-19-14-16-13(5-6-15)17-18(12)14/h3-4,7-8H,5-6,15H2,1-2H3. The van der Waals surface area contributed by atoms with E-state index in [1.807, 2.05) is 4.52 Å². The number of thiazole rings is 1. The predicted molar refractivity (Wildman–Crippen MR) is 78.5 cm³/mol. The molecule has 0 unspecified atom stereocenters. The lowest BCUT2D eigenvalue weighted by Gasteiger charge is -2.05. The molecule has 2 N–H and O–H groups in total. The fourth-order valence-electron chi connectivity index (χ4n) is 2.24. The molecule has 5 heteroatoms. The van der Waals surface area contributed by atoms with Crippen molar-refractivity contribution in [2.75, 3.05) is 6.54 Å². The van der Waals surface area contributed by atoms with Crippen molar-refractivity contribution in [3.8, 4) is 11.3 Å². The van der Waals surface area contributed by atoms with Crippen molar-refractivity contribution in [1.82, 2.24) is 14.6 Å². The molecule has 98 valence electrons. The molecule has 19 heavy (non-hydrogen) atoms. The van der Waals surface area contributed by atoms with E-state index in [9.17, 15) is 0 Å². The molecule has 0 saturated heterocycles. The summed E-state index contributed by atoms with van der Waals surface area (Å²) in [6, 6.07) is 6.47. The van der Waals surface area contributed by atoms with Crippen LogP contribution in [-0.2, 0) is 6.42 Å². The molecule has 0 atom stereocenters. The van der Waals surface area contributed by atoms with Crippen molar-refractivity contribution >= 4 is 16.3 Å². The van der Waals surface area contributed by atoms with Gasteiger partial charge in [-0.1, -0.05) is 23.8 Å². The van der Waals surface area contributed by atoms with E-state index in [0.29, 0.717) is 6.54 Å². The molecule has 0 spiro atoms. The summed E-state index contributed by atoms with van der Waals surface area (Å²) in [6.45, 7) is 4.81. The highest BCUT2D eigenvalue weighted by atomic mass is 32.1. The summed E-state index contributed by atoms with van der Waals surface area (Å²) < 4.78 is 1.92. The quantitative estimate of drug-likeness (QED) is 0.797. The molecule has 0 fully saturated rings. The maximum absolute atomic E-state index is 5.56. The number of aromatic nitrogens is 3. The summed E-state index contributed by atoms with van der Waals surface area (Å²) >= 11 is 1.62. The van der Waals surface area contributed by atoms with Gasteiger partial charge in [-0.15, -0.1) is 16.4 Å². The number of nitrogens with two attached hydrogens (primary N) is 1. The van der Waals surface area contributed by atoms with Crippen LogP contribution in [-0.4, -0.2) is 21.1 Å². The second-order valence-corrected chi connectivity index (χ2v) is 5.54. The molecule has 0 saturated carbocycles. The summed E-state index contributed by atoms with van der Waals surface area (Å²) in [5.74, 6) is 0.820. The zero-order valence-corrected chi connectivity index (χ0v) is 11.9. The zero-order chi connectivity index (χ0) is 13.4. The van der Waals surface area contributed by atoms with Crippen LogP contribution in [0, 0.1) is 13.8 Å². The van der Waals surface area contributed by atoms with E-state index in [2.05, 4.69) is 47.5 Å². The number of hydrogen-bond acceptors (Lipinski definition) is 4. The Kier molecular flexibility index (Phi) is 3.08. The van der Waals surface area contributed by atoms with Crippen molar-refractivity contribution in [3.05, 3.63) is 40.5 Å². The van der Waals surface area contributed by atoms with E-state index in [0.717, 1.165) is 22.9 Å². The van der Waals surface area contributed by atoms with E-state index in [-0.39, 0.29) is 0 Å². The first-order valence-electron chi connectivity index (χ1n) is 6.30. The summed E-state index contributed by atoms with van der Waals surface area (Å²) in [7, 11) is 0. The summed E-state index contributed by atoms with van der Waals surface area (Å²) in [5, 5.41) is 6.65. The number of hydrogen-bond donors (Lipinski definition) is 1. The topological polar surface area (TPSA) is 56.2 Å². The Morgan fingerprint density at radius 3 is 2.89 bits per heavy atom. The van der Waals surface area contributed by atoms with E-state index in [1.165, 1.54) is 16.7 Å². The normalized spacial score (nSPS) is 11.3. The van der Waals surface area contributed by atoms with Crippen molar-refractivity contribution < 1.29 is 0 Å². The van der Waals surface area contributed by atoms with Crippen LogP contribution in [0.1, 0.15) is 17.0 Å². The van der Waals surface area contributed by atoms with Gasteiger partial charge in [-0.2, -0.15) is 0 Å². The minimum absolute atomic E-state index is 0.580. The van der Waals surface area contributed by atoms with Crippen LogP contribution in [0.3, 0.4) is 0 Å². The first-order valence-corrected chi connectivity index (χ1v) is 7.18. The molecule has 3 rings (SSSR count). The first-order chi connectivity index (χ1) is 9.19. The Labute approximate surface area is 115 Å². The zero-order valence-electron chi connectivity index (χ0n) is 11.1. The van der Waals surface area contributed by atoms with Gasteiger partial charge in [0, 0.05) is 17.4 Å². The van der Waals surface area contributed by atoms with Crippen molar-refractivity contribution in [3.63, 3.8) is 0 Å². The number of benzene rings is 1. The van der Waals surface area contributed by atoms with Gasteiger partial charge in [0.2, 0.25) is 4.96 Å². The summed E-state index contributed by atoms with van der Waals surface area (Å²) in [5.41, 5.74) is 10.4. The van der Waals surface area contributed by atoms with Gasteiger partial charge >= 0.3 is 0 Å². The molecule has 0 aliphatic carbocycles. The third-order valence-electron chi connectivity index (χ3n) is 3.15. The number of rotatable bonds is 3. The highest BCUT2D eigenvalue weighted by Crippen LogP contribution is 2.28. The fraction of sp³-hybridized carbons (Fsp3) is 0.286. The minimum atomic E-state index is 0.580. The van der Waals surface area contributed by atoms with Gasteiger partial charge in [0.15, 0.2) is 5.82 Å². The van der Waals surface area contributed by atoms with Crippen molar-refractivity contribution in [1.29, 1.82) is 0 Å². The molecule has 0 bridgehead atoms. The maximum atomic E-state index is 5.56. The lowest BCUT2D eigenvalue weighted by atomic mass is 10.0. The van der Waals surface area contributed by atoms with E-state index < -0.39 is 0 Å². The van der Waals surface area contributed by atoms with Gasteiger partial charge in [0.25, 0.3) is 0 Å². The highest BCUT2D eigenvalue weighted by Gasteiger charge is 2.12. The SMILES string of the molecule is Cc1ccc(-c2csc3nc(CCN)nn23)c(C)c1. The Morgan fingerprint density at radius 2 is 2.16 bits per heavy atom. The monoisotopic (exact) mass is 272 g/mol. The van der Waals surface area contributed by atoms with Gasteiger partial charge < -0.3 is 5.73 Å². The van der Waals surface area contributed by atoms with Gasteiger partial charge in [-0.05, 0) is 26.0 Å². The lowest BCUT2D eigenvalue weighted by Crippen LogP contribution is -2.04. The van der Waals surface area contributed by atoms with E-state index >= 15 is 0 Å². The molecule has 0 aliphatic heterocycles. The van der Waals surface area contributed by atoms with Gasteiger partial charge in [0.05, 0.1) is 5.69 Å². The summed E-state index contributed by atoms with van der Waals surface area (Å²) in [6.07, 6.45) is 0.723. The van der Waals surface area contributed by atoms with Crippen LogP contribution in [0.5, 0.6) is 0 Å². The van der Waals surface area contributed by atoms with Crippen molar-refractivity contribution in [2.45, 2.75) is 20.3 Å². The molecule has 0 amide bonds. The Morgan fingerprint density at radius 1 is 1.32 bits per heavy atom. The molecule has 0 radical (unpaired) electrons. The fourth-order valence-corrected chi connectivity index (χ4v) is 3.08. The van der Waals surface area contributed by atoms with Crippen LogP contribution in [0.2, 0.25) is 0 Å². The van der Waals surface area contributed by atoms with Crippen LogP contribution in [0.25, 0.3) is 16.2 Å². The average molecular weight is 272 g/mol. The molecule has 2 heterocycles. The van der Waals surface area contributed by atoms with Gasteiger partial charge in [-0.25, -0.2) is 9.50 Å².